The van der Waals surface area contributed by atoms with Crippen LogP contribution in [-0.4, -0.2) is 89.2 Å². The lowest BCUT2D eigenvalue weighted by Crippen LogP contribution is -2.48. The Labute approximate surface area is 221 Å². The monoisotopic (exact) mass is 520 g/mol. The molecule has 5 rings (SSSR count). The van der Waals surface area contributed by atoms with Crippen molar-refractivity contribution in [1.29, 1.82) is 0 Å². The predicted molar refractivity (Wildman–Crippen MR) is 145 cm³/mol. The molecule has 2 aromatic carbocycles. The standard InChI is InChI=1S/C28H33FN6O3/c1-37-26-6-4-3-5-23(26)25-10-8-21-17-30-28(32-35(21)25)31-24-9-7-20(15-27(24)38-2)18-33-11-13-34(14-12-33)19-22(36)16-29/h3-10,15,17,22,36H,11-14,16,18-19H2,1-2H3,(H,31,32). The van der Waals surface area contributed by atoms with E-state index in [9.17, 15) is 9.50 Å². The normalized spacial score (nSPS) is 15.5. The third-order valence-electron chi connectivity index (χ3n) is 6.81. The van der Waals surface area contributed by atoms with Crippen molar-refractivity contribution < 1.29 is 19.0 Å². The molecule has 38 heavy (non-hydrogen) atoms. The van der Waals surface area contributed by atoms with Crippen LogP contribution in [0.2, 0.25) is 0 Å². The number of nitrogens with zero attached hydrogens (tertiary/aromatic N) is 5. The Bertz CT molecular complexity index is 1370. The Morgan fingerprint density at radius 2 is 1.74 bits per heavy atom. The molecule has 0 aliphatic carbocycles. The molecule has 1 saturated heterocycles. The van der Waals surface area contributed by atoms with E-state index in [2.05, 4.69) is 26.2 Å². The van der Waals surface area contributed by atoms with Crippen molar-refractivity contribution in [1.82, 2.24) is 24.4 Å². The van der Waals surface area contributed by atoms with Gasteiger partial charge in [-0.2, -0.15) is 0 Å². The van der Waals surface area contributed by atoms with Crippen LogP contribution in [0, 0.1) is 0 Å². The Balaban J connectivity index is 1.29. The summed E-state index contributed by atoms with van der Waals surface area (Å²) in [6.45, 7) is 3.81. The van der Waals surface area contributed by atoms with Crippen LogP contribution in [0.4, 0.5) is 16.0 Å². The lowest BCUT2D eigenvalue weighted by molar-refractivity contribution is 0.0579. The summed E-state index contributed by atoms with van der Waals surface area (Å²) in [5.74, 6) is 1.92. The largest absolute Gasteiger partial charge is 0.496 e. The number of ether oxygens (including phenoxy) is 2. The molecule has 1 unspecified atom stereocenters. The van der Waals surface area contributed by atoms with Crippen molar-refractivity contribution in [3.05, 3.63) is 66.4 Å². The van der Waals surface area contributed by atoms with Crippen LogP contribution in [-0.2, 0) is 6.54 Å². The topological polar surface area (TPSA) is 87.4 Å². The van der Waals surface area contributed by atoms with Crippen LogP contribution in [0.15, 0.2) is 60.8 Å². The van der Waals surface area contributed by atoms with E-state index in [-0.39, 0.29) is 0 Å². The maximum Gasteiger partial charge on any atom is 0.245 e. The molecule has 4 aromatic rings. The van der Waals surface area contributed by atoms with Crippen LogP contribution < -0.4 is 14.8 Å². The summed E-state index contributed by atoms with van der Waals surface area (Å²) in [6.07, 6.45) is 0.877. The van der Waals surface area contributed by atoms with Gasteiger partial charge < -0.3 is 19.9 Å². The first-order valence-electron chi connectivity index (χ1n) is 12.7. The number of hydrogen-bond donors (Lipinski definition) is 2. The van der Waals surface area contributed by atoms with E-state index in [1.807, 2.05) is 53.0 Å². The minimum atomic E-state index is -0.902. The fourth-order valence-corrected chi connectivity index (χ4v) is 4.81. The second-order valence-electron chi connectivity index (χ2n) is 9.38. The molecule has 200 valence electrons. The van der Waals surface area contributed by atoms with Crippen molar-refractivity contribution in [2.45, 2.75) is 12.6 Å². The zero-order valence-electron chi connectivity index (χ0n) is 21.7. The van der Waals surface area contributed by atoms with Gasteiger partial charge >= 0.3 is 0 Å². The van der Waals surface area contributed by atoms with Gasteiger partial charge in [-0.3, -0.25) is 9.80 Å². The molecule has 9 nitrogen and oxygen atoms in total. The van der Waals surface area contributed by atoms with Gasteiger partial charge in [0.1, 0.15) is 18.2 Å². The van der Waals surface area contributed by atoms with Gasteiger partial charge in [-0.1, -0.05) is 18.2 Å². The number of benzene rings is 2. The number of rotatable bonds is 10. The van der Waals surface area contributed by atoms with Crippen molar-refractivity contribution in [3.63, 3.8) is 0 Å². The summed E-state index contributed by atoms with van der Waals surface area (Å²) in [5, 5.41) is 17.6. The fraction of sp³-hybridized carbons (Fsp3) is 0.357. The van der Waals surface area contributed by atoms with Crippen LogP contribution in [0.1, 0.15) is 5.56 Å². The molecule has 10 heteroatoms. The summed E-state index contributed by atoms with van der Waals surface area (Å²) >= 11 is 0. The van der Waals surface area contributed by atoms with E-state index in [4.69, 9.17) is 14.6 Å². The average molecular weight is 521 g/mol. The minimum absolute atomic E-state index is 0.385. The van der Waals surface area contributed by atoms with Gasteiger partial charge in [0.05, 0.1) is 43.4 Å². The minimum Gasteiger partial charge on any atom is -0.496 e. The highest BCUT2D eigenvalue weighted by Gasteiger charge is 2.20. The van der Waals surface area contributed by atoms with Gasteiger partial charge in [0.15, 0.2) is 0 Å². The number of fused-ring (bicyclic) bond motifs is 1. The molecule has 0 bridgehead atoms. The second kappa shape index (κ2) is 11.8. The third-order valence-corrected chi connectivity index (χ3v) is 6.81. The van der Waals surface area contributed by atoms with Crippen molar-refractivity contribution >= 4 is 17.2 Å². The molecule has 2 aromatic heterocycles. The number of hydrogen-bond acceptors (Lipinski definition) is 8. The molecule has 2 N–H and O–H groups in total. The van der Waals surface area contributed by atoms with Gasteiger partial charge in [-0.15, -0.1) is 5.10 Å². The van der Waals surface area contributed by atoms with Gasteiger partial charge in [0, 0.05) is 44.8 Å². The average Bonchev–Trinajstić information content (AvgIpc) is 3.37. The Kier molecular flexibility index (Phi) is 8.02. The number of β-amino-alcohol motifs (C(OH)–C–C–N with tert-alkyl or cyclic N) is 1. The van der Waals surface area contributed by atoms with Crippen molar-refractivity contribution in [2.24, 2.45) is 0 Å². The van der Waals surface area contributed by atoms with Crippen LogP contribution >= 0.6 is 0 Å². The molecule has 1 atom stereocenters. The van der Waals surface area contributed by atoms with Gasteiger partial charge in [-0.25, -0.2) is 13.9 Å². The number of alkyl halides is 1. The zero-order chi connectivity index (χ0) is 26.5. The number of methoxy groups -OCH3 is 2. The molecule has 0 amide bonds. The molecular weight excluding hydrogens is 487 g/mol. The van der Waals surface area contributed by atoms with Crippen LogP contribution in [0.25, 0.3) is 16.8 Å². The van der Waals surface area contributed by atoms with Gasteiger partial charge in [0.25, 0.3) is 0 Å². The first kappa shape index (κ1) is 25.9. The second-order valence-corrected chi connectivity index (χ2v) is 9.38. The molecule has 1 aliphatic rings. The summed E-state index contributed by atoms with van der Waals surface area (Å²) in [7, 11) is 3.31. The van der Waals surface area contributed by atoms with Crippen LogP contribution in [0.5, 0.6) is 11.5 Å². The third kappa shape index (κ3) is 5.72. The maximum atomic E-state index is 12.6. The number of aliphatic hydroxyl groups is 1. The number of aromatic nitrogens is 3. The summed E-state index contributed by atoms with van der Waals surface area (Å²) in [6, 6.07) is 17.9. The molecule has 1 aliphatic heterocycles. The van der Waals surface area contributed by atoms with E-state index >= 15 is 0 Å². The van der Waals surface area contributed by atoms with Gasteiger partial charge in [0.2, 0.25) is 5.95 Å². The Hall–Kier alpha value is -3.73. The van der Waals surface area contributed by atoms with Crippen molar-refractivity contribution in [3.8, 4) is 22.8 Å². The first-order valence-corrected chi connectivity index (χ1v) is 12.7. The highest BCUT2D eigenvalue weighted by Crippen LogP contribution is 2.32. The highest BCUT2D eigenvalue weighted by molar-refractivity contribution is 5.72. The first-order chi connectivity index (χ1) is 18.6. The number of aliphatic hydroxyl groups excluding tert-OH is 1. The highest BCUT2D eigenvalue weighted by atomic mass is 19.1. The molecule has 3 heterocycles. The molecule has 0 saturated carbocycles. The smallest absolute Gasteiger partial charge is 0.245 e. The number of anilines is 2. The number of halogens is 1. The SMILES string of the molecule is COc1cc(CN2CCN(CC(O)CF)CC2)ccc1Nc1ncc2ccc(-c3ccccc3OC)n2n1. The van der Waals surface area contributed by atoms with E-state index in [1.165, 1.54) is 0 Å². The lowest BCUT2D eigenvalue weighted by atomic mass is 10.1. The predicted octanol–water partition coefficient (Wildman–Crippen LogP) is 3.61. The molecule has 1 fully saturated rings. The van der Waals surface area contributed by atoms with E-state index < -0.39 is 12.8 Å². The maximum absolute atomic E-state index is 12.6. The fourth-order valence-electron chi connectivity index (χ4n) is 4.81. The Morgan fingerprint density at radius 1 is 0.974 bits per heavy atom. The van der Waals surface area contributed by atoms with Gasteiger partial charge in [-0.05, 0) is 42.0 Å². The van der Waals surface area contributed by atoms with Crippen molar-refractivity contribution in [2.75, 3.05) is 58.9 Å². The quantitative estimate of drug-likeness (QED) is 0.328. The summed E-state index contributed by atoms with van der Waals surface area (Å²) < 4.78 is 25.7. The van der Waals surface area contributed by atoms with E-state index in [0.29, 0.717) is 18.2 Å². The van der Waals surface area contributed by atoms with Crippen LogP contribution in [0.3, 0.4) is 0 Å². The molecule has 0 radical (unpaired) electrons. The van der Waals surface area contributed by atoms with E-state index in [0.717, 1.165) is 66.5 Å². The number of piperazine rings is 1. The molecular formula is C28H33FN6O3. The Morgan fingerprint density at radius 3 is 2.50 bits per heavy atom. The van der Waals surface area contributed by atoms with E-state index in [1.54, 1.807) is 20.4 Å². The lowest BCUT2D eigenvalue weighted by Gasteiger charge is -2.35. The number of nitrogens with one attached hydrogen (secondary N) is 1. The molecule has 0 spiro atoms. The summed E-state index contributed by atoms with van der Waals surface area (Å²) in [5.41, 5.74) is 4.63. The zero-order valence-corrected chi connectivity index (χ0v) is 21.7. The summed E-state index contributed by atoms with van der Waals surface area (Å²) in [4.78, 5) is 8.95. The number of para-hydroxylation sites is 1.